The molecule has 0 saturated heterocycles. The van der Waals surface area contributed by atoms with Gasteiger partial charge in [-0.1, -0.05) is 42.5 Å². The molecule has 2 aromatic carbocycles. The predicted molar refractivity (Wildman–Crippen MR) is 154 cm³/mol. The number of anilines is 1. The van der Waals surface area contributed by atoms with Gasteiger partial charge < -0.3 is 9.64 Å². The number of thiophene rings is 1. The van der Waals surface area contributed by atoms with E-state index in [4.69, 9.17) is 9.73 Å². The fraction of sp³-hybridized carbons (Fsp3) is 0.233. The fourth-order valence-corrected chi connectivity index (χ4v) is 5.79. The molecule has 0 N–H and O–H groups in total. The molecule has 8 nitrogen and oxygen atoms in total. The molecule has 5 rings (SSSR count). The van der Waals surface area contributed by atoms with Crippen molar-refractivity contribution in [3.63, 3.8) is 0 Å². The molecule has 1 aliphatic rings. The van der Waals surface area contributed by atoms with Crippen LogP contribution < -0.4 is 4.90 Å². The zero-order valence-corrected chi connectivity index (χ0v) is 23.3. The normalized spacial score (nSPS) is 14.4. The SMILES string of the molecule is COC(=O)C[C@@H]1N=C(c2ccc(N(C)C(=O)C=Cc3ccccc3)cc2)c2c(sc(C)c2C)-n2c(C)nnc21. The van der Waals surface area contributed by atoms with E-state index in [1.54, 1.807) is 35.4 Å². The molecule has 2 aromatic heterocycles. The van der Waals surface area contributed by atoms with Crippen LogP contribution in [0.15, 0.2) is 65.7 Å². The van der Waals surface area contributed by atoms with Crippen LogP contribution in [0.25, 0.3) is 11.1 Å². The molecule has 1 amide bonds. The molecular weight excluding hydrogens is 510 g/mol. The Balaban J connectivity index is 1.52. The van der Waals surface area contributed by atoms with Crippen molar-refractivity contribution in [2.45, 2.75) is 33.2 Å². The summed E-state index contributed by atoms with van der Waals surface area (Å²) in [6.07, 6.45) is 3.42. The smallest absolute Gasteiger partial charge is 0.308 e. The Bertz CT molecular complexity index is 1600. The summed E-state index contributed by atoms with van der Waals surface area (Å²) in [5.41, 5.74) is 5.49. The molecule has 1 aliphatic heterocycles. The van der Waals surface area contributed by atoms with E-state index in [2.05, 4.69) is 24.0 Å². The van der Waals surface area contributed by atoms with E-state index in [0.717, 1.165) is 44.5 Å². The standard InChI is InChI=1S/C30H29N5O3S/c1-18-19(2)39-30-27(18)28(31-24(17-26(37)38-5)29-33-32-20(3)35(29)30)22-12-14-23(15-13-22)34(4)25(36)16-11-21-9-7-6-8-10-21/h6-16,24H,17H2,1-5H3/t24-/m0/s1. The van der Waals surface area contributed by atoms with Crippen molar-refractivity contribution < 1.29 is 14.3 Å². The molecule has 0 unspecified atom stereocenters. The van der Waals surface area contributed by atoms with Crippen molar-refractivity contribution >= 4 is 40.7 Å². The monoisotopic (exact) mass is 539 g/mol. The van der Waals surface area contributed by atoms with Gasteiger partial charge in [0.25, 0.3) is 5.91 Å². The van der Waals surface area contributed by atoms with Gasteiger partial charge in [0, 0.05) is 34.8 Å². The van der Waals surface area contributed by atoms with Gasteiger partial charge in [-0.25, -0.2) is 0 Å². The molecule has 39 heavy (non-hydrogen) atoms. The number of aromatic nitrogens is 3. The molecule has 0 saturated carbocycles. The third-order valence-corrected chi connectivity index (χ3v) is 8.10. The van der Waals surface area contributed by atoms with Crippen molar-refractivity contribution in [2.24, 2.45) is 4.99 Å². The number of carbonyl (C=O) groups excluding carboxylic acids is 2. The highest BCUT2D eigenvalue weighted by molar-refractivity contribution is 7.15. The minimum Gasteiger partial charge on any atom is -0.469 e. The minimum atomic E-state index is -0.556. The largest absolute Gasteiger partial charge is 0.469 e. The van der Waals surface area contributed by atoms with E-state index >= 15 is 0 Å². The molecule has 3 heterocycles. The molecule has 0 aliphatic carbocycles. The van der Waals surface area contributed by atoms with E-state index in [9.17, 15) is 9.59 Å². The van der Waals surface area contributed by atoms with E-state index in [-0.39, 0.29) is 18.3 Å². The third-order valence-electron chi connectivity index (χ3n) is 6.90. The Morgan fingerprint density at radius 1 is 1.05 bits per heavy atom. The number of amides is 1. The third kappa shape index (κ3) is 5.05. The Kier molecular flexibility index (Phi) is 7.26. The van der Waals surface area contributed by atoms with Gasteiger partial charge in [0.15, 0.2) is 5.82 Å². The fourth-order valence-electron chi connectivity index (χ4n) is 4.58. The lowest BCUT2D eigenvalue weighted by atomic mass is 9.99. The molecular formula is C30H29N5O3S. The first-order valence-electron chi connectivity index (χ1n) is 12.6. The summed E-state index contributed by atoms with van der Waals surface area (Å²) < 4.78 is 6.97. The first-order chi connectivity index (χ1) is 18.8. The van der Waals surface area contributed by atoms with Crippen molar-refractivity contribution in [1.82, 2.24) is 14.8 Å². The number of carbonyl (C=O) groups is 2. The topological polar surface area (TPSA) is 89.7 Å². The number of hydrogen-bond acceptors (Lipinski definition) is 7. The second-order valence-corrected chi connectivity index (χ2v) is 10.6. The number of methoxy groups -OCH3 is 1. The van der Waals surface area contributed by atoms with Crippen LogP contribution in [0.5, 0.6) is 0 Å². The van der Waals surface area contributed by atoms with Gasteiger partial charge in [0.05, 0.1) is 19.2 Å². The average Bonchev–Trinajstić information content (AvgIpc) is 3.43. The summed E-state index contributed by atoms with van der Waals surface area (Å²) in [4.78, 5) is 33.0. The van der Waals surface area contributed by atoms with Crippen molar-refractivity contribution in [3.8, 4) is 5.00 Å². The maximum absolute atomic E-state index is 12.8. The van der Waals surface area contributed by atoms with Crippen molar-refractivity contribution in [3.05, 3.63) is 99.5 Å². The number of benzene rings is 2. The lowest BCUT2D eigenvalue weighted by Gasteiger charge is -2.17. The van der Waals surface area contributed by atoms with E-state index in [0.29, 0.717) is 5.82 Å². The van der Waals surface area contributed by atoms with Crippen LogP contribution in [0.1, 0.15) is 51.2 Å². The van der Waals surface area contributed by atoms with Crippen LogP contribution in [-0.4, -0.2) is 46.5 Å². The van der Waals surface area contributed by atoms with Gasteiger partial charge in [-0.15, -0.1) is 21.5 Å². The van der Waals surface area contributed by atoms with Gasteiger partial charge in [0.2, 0.25) is 0 Å². The molecule has 9 heteroatoms. The highest BCUT2D eigenvalue weighted by Crippen LogP contribution is 2.39. The number of aliphatic imine (C=N–C) groups is 1. The van der Waals surface area contributed by atoms with Gasteiger partial charge in [-0.05, 0) is 50.1 Å². The van der Waals surface area contributed by atoms with Crippen LogP contribution in [0, 0.1) is 20.8 Å². The maximum atomic E-state index is 12.8. The highest BCUT2D eigenvalue weighted by Gasteiger charge is 2.32. The number of fused-ring (bicyclic) bond motifs is 3. The molecule has 198 valence electrons. The molecule has 0 bridgehead atoms. The maximum Gasteiger partial charge on any atom is 0.308 e. The first kappa shape index (κ1) is 26.2. The lowest BCUT2D eigenvalue weighted by molar-refractivity contribution is -0.141. The summed E-state index contributed by atoms with van der Waals surface area (Å²) in [7, 11) is 3.12. The number of hydrogen-bond donors (Lipinski definition) is 0. The number of rotatable bonds is 6. The average molecular weight is 540 g/mol. The van der Waals surface area contributed by atoms with Crippen LogP contribution >= 0.6 is 11.3 Å². The molecule has 1 atom stereocenters. The summed E-state index contributed by atoms with van der Waals surface area (Å²) in [5, 5.41) is 9.68. The molecule has 0 spiro atoms. The Morgan fingerprint density at radius 3 is 2.46 bits per heavy atom. The Hall–Kier alpha value is -4.37. The van der Waals surface area contributed by atoms with E-state index in [1.165, 1.54) is 12.0 Å². The van der Waals surface area contributed by atoms with Gasteiger partial charge in [-0.2, -0.15) is 0 Å². The quantitative estimate of drug-likeness (QED) is 0.242. The summed E-state index contributed by atoms with van der Waals surface area (Å²) in [6, 6.07) is 16.9. The van der Waals surface area contributed by atoms with Crippen molar-refractivity contribution in [2.75, 3.05) is 19.1 Å². The number of aryl methyl sites for hydroxylation is 2. The predicted octanol–water partition coefficient (Wildman–Crippen LogP) is 5.39. The van der Waals surface area contributed by atoms with Gasteiger partial charge in [0.1, 0.15) is 16.9 Å². The zero-order valence-electron chi connectivity index (χ0n) is 22.5. The van der Waals surface area contributed by atoms with E-state index < -0.39 is 6.04 Å². The summed E-state index contributed by atoms with van der Waals surface area (Å²) in [5.74, 6) is 0.851. The molecule has 4 aromatic rings. The van der Waals surface area contributed by atoms with Crippen LogP contribution in [-0.2, 0) is 14.3 Å². The number of esters is 1. The Morgan fingerprint density at radius 2 is 1.77 bits per heavy atom. The van der Waals surface area contributed by atoms with E-state index in [1.807, 2.05) is 66.1 Å². The second-order valence-electron chi connectivity index (χ2n) is 9.37. The lowest BCUT2D eigenvalue weighted by Crippen LogP contribution is -2.24. The zero-order chi connectivity index (χ0) is 27.7. The number of ether oxygens (including phenoxy) is 1. The molecule has 0 fully saturated rings. The van der Waals surface area contributed by atoms with Crippen LogP contribution in [0.4, 0.5) is 5.69 Å². The van der Waals surface area contributed by atoms with Gasteiger partial charge in [-0.3, -0.25) is 19.1 Å². The highest BCUT2D eigenvalue weighted by atomic mass is 32.1. The molecule has 0 radical (unpaired) electrons. The Labute approximate surface area is 231 Å². The van der Waals surface area contributed by atoms with Gasteiger partial charge >= 0.3 is 5.97 Å². The van der Waals surface area contributed by atoms with Crippen LogP contribution in [0.3, 0.4) is 0 Å². The second kappa shape index (κ2) is 10.8. The number of nitrogens with zero attached hydrogens (tertiary/aromatic N) is 5. The minimum absolute atomic E-state index is 0.0498. The first-order valence-corrected chi connectivity index (χ1v) is 13.4. The summed E-state index contributed by atoms with van der Waals surface area (Å²) >= 11 is 1.66. The van der Waals surface area contributed by atoms with Crippen molar-refractivity contribution in [1.29, 1.82) is 0 Å². The summed E-state index contributed by atoms with van der Waals surface area (Å²) in [6.45, 7) is 6.07. The van der Waals surface area contributed by atoms with Crippen LogP contribution in [0.2, 0.25) is 0 Å². The number of likely N-dealkylation sites (N-methyl/N-ethyl adjacent to an activating group) is 1.